The van der Waals surface area contributed by atoms with E-state index in [4.69, 9.17) is 14.6 Å². The summed E-state index contributed by atoms with van der Waals surface area (Å²) in [7, 11) is 3.24. The molecule has 0 aromatic heterocycles. The summed E-state index contributed by atoms with van der Waals surface area (Å²) in [6.45, 7) is 4.67. The molecule has 2 aromatic carbocycles. The Morgan fingerprint density at radius 2 is 1.83 bits per heavy atom. The molecule has 0 aliphatic heterocycles. The van der Waals surface area contributed by atoms with E-state index in [-0.39, 0.29) is 6.04 Å². The van der Waals surface area contributed by atoms with Crippen LogP contribution in [0, 0.1) is 6.92 Å². The maximum atomic E-state index is 11.0. The van der Waals surface area contributed by atoms with Crippen LogP contribution in [0.25, 0.3) is 0 Å². The number of carboxylic acids is 1. The Morgan fingerprint density at radius 1 is 1.17 bits per heavy atom. The van der Waals surface area contributed by atoms with E-state index < -0.39 is 5.97 Å². The van der Waals surface area contributed by atoms with Gasteiger partial charge >= 0.3 is 5.97 Å². The molecule has 5 heteroatoms. The number of benzene rings is 2. The fourth-order valence-electron chi connectivity index (χ4n) is 2.66. The van der Waals surface area contributed by atoms with Crippen molar-refractivity contribution >= 4 is 5.97 Å². The largest absolute Gasteiger partial charge is 0.493 e. The SMILES string of the molecule is COc1cc(C)c(C(C)NCc2cccc(C(=O)O)c2)cc1OC. The molecule has 0 heterocycles. The number of hydrogen-bond donors (Lipinski definition) is 2. The van der Waals surface area contributed by atoms with Crippen LogP contribution in [0.3, 0.4) is 0 Å². The van der Waals surface area contributed by atoms with Gasteiger partial charge in [0.15, 0.2) is 11.5 Å². The average Bonchev–Trinajstić information content (AvgIpc) is 2.59. The lowest BCUT2D eigenvalue weighted by Gasteiger charge is -2.19. The van der Waals surface area contributed by atoms with Crippen molar-refractivity contribution in [2.75, 3.05) is 14.2 Å². The van der Waals surface area contributed by atoms with Crippen molar-refractivity contribution in [1.29, 1.82) is 0 Å². The summed E-state index contributed by atoms with van der Waals surface area (Å²) in [5, 5.41) is 12.5. The summed E-state index contributed by atoms with van der Waals surface area (Å²) in [4.78, 5) is 11.0. The number of methoxy groups -OCH3 is 2. The lowest BCUT2D eigenvalue weighted by atomic mass is 10.0. The quantitative estimate of drug-likeness (QED) is 0.813. The van der Waals surface area contributed by atoms with E-state index in [2.05, 4.69) is 12.2 Å². The van der Waals surface area contributed by atoms with E-state index >= 15 is 0 Å². The maximum Gasteiger partial charge on any atom is 0.335 e. The monoisotopic (exact) mass is 329 g/mol. The van der Waals surface area contributed by atoms with Gasteiger partial charge in [0, 0.05) is 12.6 Å². The van der Waals surface area contributed by atoms with Gasteiger partial charge in [-0.1, -0.05) is 12.1 Å². The van der Waals surface area contributed by atoms with Gasteiger partial charge in [-0.05, 0) is 54.8 Å². The summed E-state index contributed by atoms with van der Waals surface area (Å²) < 4.78 is 10.7. The minimum atomic E-state index is -0.916. The molecule has 0 fully saturated rings. The molecule has 24 heavy (non-hydrogen) atoms. The lowest BCUT2D eigenvalue weighted by molar-refractivity contribution is 0.0696. The van der Waals surface area contributed by atoms with Crippen molar-refractivity contribution in [1.82, 2.24) is 5.32 Å². The number of rotatable bonds is 7. The topological polar surface area (TPSA) is 67.8 Å². The Bertz CT molecular complexity index is 727. The van der Waals surface area contributed by atoms with E-state index in [1.807, 2.05) is 25.1 Å². The molecule has 0 spiro atoms. The van der Waals surface area contributed by atoms with Crippen LogP contribution in [0.4, 0.5) is 0 Å². The number of aromatic carboxylic acids is 1. The molecule has 0 radical (unpaired) electrons. The van der Waals surface area contributed by atoms with E-state index in [0.29, 0.717) is 23.6 Å². The first-order valence-corrected chi connectivity index (χ1v) is 7.74. The average molecular weight is 329 g/mol. The predicted octanol–water partition coefficient (Wildman–Crippen LogP) is 3.56. The first-order chi connectivity index (χ1) is 11.5. The van der Waals surface area contributed by atoms with Crippen molar-refractivity contribution < 1.29 is 19.4 Å². The highest BCUT2D eigenvalue weighted by Gasteiger charge is 2.14. The van der Waals surface area contributed by atoms with Gasteiger partial charge in [-0.2, -0.15) is 0 Å². The van der Waals surface area contributed by atoms with Crippen LogP contribution in [0.15, 0.2) is 36.4 Å². The van der Waals surface area contributed by atoms with Gasteiger partial charge < -0.3 is 19.9 Å². The molecule has 0 aliphatic carbocycles. The number of carboxylic acid groups (broad SMARTS) is 1. The normalized spacial score (nSPS) is 11.8. The van der Waals surface area contributed by atoms with Gasteiger partial charge in [0.25, 0.3) is 0 Å². The summed E-state index contributed by atoms with van der Waals surface area (Å²) in [6.07, 6.45) is 0. The molecular formula is C19H23NO4. The molecule has 1 unspecified atom stereocenters. The molecule has 128 valence electrons. The Labute approximate surface area is 142 Å². The van der Waals surface area contributed by atoms with Crippen LogP contribution in [0.1, 0.15) is 40.0 Å². The molecular weight excluding hydrogens is 306 g/mol. The molecule has 1 atom stereocenters. The number of hydrogen-bond acceptors (Lipinski definition) is 4. The Kier molecular flexibility index (Phi) is 5.82. The van der Waals surface area contributed by atoms with Crippen molar-refractivity contribution in [3.05, 3.63) is 58.7 Å². The second-order valence-electron chi connectivity index (χ2n) is 5.67. The van der Waals surface area contributed by atoms with Gasteiger partial charge in [0.05, 0.1) is 19.8 Å². The Morgan fingerprint density at radius 3 is 2.46 bits per heavy atom. The maximum absolute atomic E-state index is 11.0. The highest BCUT2D eigenvalue weighted by molar-refractivity contribution is 5.87. The molecule has 0 aliphatic rings. The molecule has 2 aromatic rings. The number of carbonyl (C=O) groups is 1. The number of nitrogens with one attached hydrogen (secondary N) is 1. The lowest BCUT2D eigenvalue weighted by Crippen LogP contribution is -2.19. The summed E-state index contributed by atoms with van der Waals surface area (Å²) in [5.74, 6) is 0.486. The van der Waals surface area contributed by atoms with Crippen LogP contribution in [0.5, 0.6) is 11.5 Å². The zero-order valence-electron chi connectivity index (χ0n) is 14.4. The smallest absolute Gasteiger partial charge is 0.335 e. The second kappa shape index (κ2) is 7.84. The molecule has 2 rings (SSSR count). The fourth-order valence-corrected chi connectivity index (χ4v) is 2.66. The van der Waals surface area contributed by atoms with Crippen LogP contribution < -0.4 is 14.8 Å². The highest BCUT2D eigenvalue weighted by atomic mass is 16.5. The molecule has 5 nitrogen and oxygen atoms in total. The molecule has 0 amide bonds. The van der Waals surface area contributed by atoms with Gasteiger partial charge in [-0.3, -0.25) is 0 Å². The number of ether oxygens (including phenoxy) is 2. The van der Waals surface area contributed by atoms with E-state index in [9.17, 15) is 4.79 Å². The molecule has 0 saturated carbocycles. The van der Waals surface area contributed by atoms with E-state index in [1.165, 1.54) is 0 Å². The van der Waals surface area contributed by atoms with Crippen LogP contribution in [-0.4, -0.2) is 25.3 Å². The Hall–Kier alpha value is -2.53. The first kappa shape index (κ1) is 17.8. The predicted molar refractivity (Wildman–Crippen MR) is 92.9 cm³/mol. The summed E-state index contributed by atoms with van der Waals surface area (Å²) in [5.41, 5.74) is 3.44. The van der Waals surface area contributed by atoms with Gasteiger partial charge in [-0.15, -0.1) is 0 Å². The fraction of sp³-hybridized carbons (Fsp3) is 0.316. The third-order valence-electron chi connectivity index (χ3n) is 4.03. The molecule has 2 N–H and O–H groups in total. The van der Waals surface area contributed by atoms with Crippen LogP contribution in [-0.2, 0) is 6.54 Å². The van der Waals surface area contributed by atoms with E-state index in [1.54, 1.807) is 32.4 Å². The second-order valence-corrected chi connectivity index (χ2v) is 5.67. The van der Waals surface area contributed by atoms with Crippen LogP contribution in [0.2, 0.25) is 0 Å². The first-order valence-electron chi connectivity index (χ1n) is 7.74. The minimum absolute atomic E-state index is 0.0818. The summed E-state index contributed by atoms with van der Waals surface area (Å²) in [6, 6.07) is 11.0. The van der Waals surface area contributed by atoms with Crippen LogP contribution >= 0.6 is 0 Å². The third-order valence-corrected chi connectivity index (χ3v) is 4.03. The zero-order chi connectivity index (χ0) is 17.7. The van der Waals surface area contributed by atoms with Gasteiger partial charge in [0.1, 0.15) is 0 Å². The zero-order valence-corrected chi connectivity index (χ0v) is 14.4. The standard InChI is InChI=1S/C19H23NO4/c1-12-8-17(23-3)18(24-4)10-16(12)13(2)20-11-14-6-5-7-15(9-14)19(21)22/h5-10,13,20H,11H2,1-4H3,(H,21,22). The van der Waals surface area contributed by atoms with Crippen molar-refractivity contribution in [2.45, 2.75) is 26.4 Å². The minimum Gasteiger partial charge on any atom is -0.493 e. The van der Waals surface area contributed by atoms with Crippen molar-refractivity contribution in [2.24, 2.45) is 0 Å². The van der Waals surface area contributed by atoms with E-state index in [0.717, 1.165) is 16.7 Å². The van der Waals surface area contributed by atoms with Gasteiger partial charge in [0.2, 0.25) is 0 Å². The third kappa shape index (κ3) is 4.06. The Balaban J connectivity index is 2.14. The number of aryl methyl sites for hydroxylation is 1. The van der Waals surface area contributed by atoms with Crippen molar-refractivity contribution in [3.63, 3.8) is 0 Å². The summed E-state index contributed by atoms with van der Waals surface area (Å²) >= 11 is 0. The highest BCUT2D eigenvalue weighted by Crippen LogP contribution is 2.32. The van der Waals surface area contributed by atoms with Gasteiger partial charge in [-0.25, -0.2) is 4.79 Å². The van der Waals surface area contributed by atoms with Crippen molar-refractivity contribution in [3.8, 4) is 11.5 Å². The molecule has 0 saturated heterocycles. The molecule has 0 bridgehead atoms.